The third kappa shape index (κ3) is 1.98. The number of nitrogens with zero attached hydrogens (tertiary/aromatic N) is 3. The van der Waals surface area contributed by atoms with Crippen LogP contribution in [0.3, 0.4) is 0 Å². The predicted octanol–water partition coefficient (Wildman–Crippen LogP) is 1.49. The first-order valence-corrected chi connectivity index (χ1v) is 6.09. The van der Waals surface area contributed by atoms with Crippen molar-refractivity contribution in [1.29, 1.82) is 0 Å². The molecule has 4 nitrogen and oxygen atoms in total. The van der Waals surface area contributed by atoms with Crippen LogP contribution < -0.4 is 5.73 Å². The summed E-state index contributed by atoms with van der Waals surface area (Å²) >= 11 is 0. The van der Waals surface area contributed by atoms with Crippen molar-refractivity contribution in [3.63, 3.8) is 0 Å². The van der Waals surface area contributed by atoms with E-state index in [-0.39, 0.29) is 11.6 Å². The van der Waals surface area contributed by atoms with Gasteiger partial charge < -0.3 is 5.73 Å². The highest BCUT2D eigenvalue weighted by atomic mass is 15.5. The number of hydrogen-bond donors (Lipinski definition) is 1. The fourth-order valence-electron chi connectivity index (χ4n) is 2.40. The highest BCUT2D eigenvalue weighted by Gasteiger charge is 2.29. The summed E-state index contributed by atoms with van der Waals surface area (Å²) in [4.78, 5) is 0. The molecular formula is C12H22N4. The number of fused-ring (bicyclic) bond motifs is 1. The Bertz CT molecular complexity index is 373. The monoisotopic (exact) mass is 222 g/mol. The maximum Gasteiger partial charge on any atom is 0.0862 e. The van der Waals surface area contributed by atoms with E-state index in [9.17, 15) is 0 Å². The molecule has 0 spiro atoms. The summed E-state index contributed by atoms with van der Waals surface area (Å²) in [6, 6.07) is 0.257. The average Bonchev–Trinajstić information content (AvgIpc) is 2.58. The minimum Gasteiger partial charge on any atom is -0.328 e. The number of aromatic nitrogens is 3. The van der Waals surface area contributed by atoms with Gasteiger partial charge in [-0.2, -0.15) is 0 Å². The van der Waals surface area contributed by atoms with E-state index >= 15 is 0 Å². The Morgan fingerprint density at radius 1 is 1.44 bits per heavy atom. The van der Waals surface area contributed by atoms with E-state index in [0.717, 1.165) is 25.0 Å². The van der Waals surface area contributed by atoms with E-state index in [1.165, 1.54) is 5.69 Å². The van der Waals surface area contributed by atoms with Crippen molar-refractivity contribution in [1.82, 2.24) is 15.0 Å². The van der Waals surface area contributed by atoms with Crippen LogP contribution in [-0.4, -0.2) is 21.0 Å². The highest BCUT2D eigenvalue weighted by molar-refractivity contribution is 5.16. The Kier molecular flexibility index (Phi) is 2.78. The summed E-state index contributed by atoms with van der Waals surface area (Å²) in [5.74, 6) is 0.567. The molecule has 2 atom stereocenters. The SMILES string of the molecule is CC(N)C1CCc2c(nnn2C(C)(C)C)C1. The van der Waals surface area contributed by atoms with Gasteiger partial charge >= 0.3 is 0 Å². The van der Waals surface area contributed by atoms with Gasteiger partial charge in [-0.1, -0.05) is 5.21 Å². The lowest BCUT2D eigenvalue weighted by molar-refractivity contribution is 0.322. The van der Waals surface area contributed by atoms with Gasteiger partial charge in [-0.05, 0) is 52.9 Å². The number of nitrogens with two attached hydrogens (primary N) is 1. The van der Waals surface area contributed by atoms with Gasteiger partial charge in [0, 0.05) is 6.04 Å². The Labute approximate surface area is 97.2 Å². The molecule has 0 bridgehead atoms. The largest absolute Gasteiger partial charge is 0.328 e. The molecule has 16 heavy (non-hydrogen) atoms. The zero-order chi connectivity index (χ0) is 11.9. The van der Waals surface area contributed by atoms with Crippen LogP contribution in [0, 0.1) is 5.92 Å². The molecule has 0 saturated heterocycles. The summed E-state index contributed by atoms with van der Waals surface area (Å²) in [6.45, 7) is 8.59. The van der Waals surface area contributed by atoms with Gasteiger partial charge in [0.25, 0.3) is 0 Å². The molecule has 0 saturated carbocycles. The van der Waals surface area contributed by atoms with E-state index in [1.54, 1.807) is 0 Å². The molecule has 1 heterocycles. The van der Waals surface area contributed by atoms with Gasteiger partial charge in [0.1, 0.15) is 0 Å². The topological polar surface area (TPSA) is 56.7 Å². The number of hydrogen-bond acceptors (Lipinski definition) is 3. The molecule has 1 aliphatic carbocycles. The van der Waals surface area contributed by atoms with Crippen LogP contribution >= 0.6 is 0 Å². The second-order valence-electron chi connectivity index (χ2n) is 5.93. The van der Waals surface area contributed by atoms with E-state index in [4.69, 9.17) is 5.73 Å². The summed E-state index contributed by atoms with van der Waals surface area (Å²) in [6.07, 6.45) is 3.21. The van der Waals surface area contributed by atoms with Crippen LogP contribution in [-0.2, 0) is 18.4 Å². The second kappa shape index (κ2) is 3.84. The van der Waals surface area contributed by atoms with Gasteiger partial charge in [0.2, 0.25) is 0 Å². The van der Waals surface area contributed by atoms with Crippen LogP contribution in [0.4, 0.5) is 0 Å². The van der Waals surface area contributed by atoms with Crippen molar-refractivity contribution in [2.24, 2.45) is 11.7 Å². The van der Waals surface area contributed by atoms with Crippen LogP contribution in [0.15, 0.2) is 0 Å². The maximum absolute atomic E-state index is 5.96. The Morgan fingerprint density at radius 3 is 2.69 bits per heavy atom. The Balaban J connectivity index is 2.27. The zero-order valence-electron chi connectivity index (χ0n) is 10.7. The smallest absolute Gasteiger partial charge is 0.0862 e. The molecular weight excluding hydrogens is 200 g/mol. The quantitative estimate of drug-likeness (QED) is 0.783. The fraction of sp³-hybridized carbons (Fsp3) is 0.833. The highest BCUT2D eigenvalue weighted by Crippen LogP contribution is 2.28. The summed E-state index contributed by atoms with van der Waals surface area (Å²) in [5.41, 5.74) is 8.46. The van der Waals surface area contributed by atoms with Crippen molar-refractivity contribution in [3.05, 3.63) is 11.4 Å². The molecule has 1 aromatic heterocycles. The Hall–Kier alpha value is -0.900. The minimum absolute atomic E-state index is 0.0295. The number of rotatable bonds is 1. The van der Waals surface area contributed by atoms with Gasteiger partial charge in [-0.25, -0.2) is 4.68 Å². The first-order valence-electron chi connectivity index (χ1n) is 6.09. The van der Waals surface area contributed by atoms with Gasteiger partial charge in [-0.3, -0.25) is 0 Å². The van der Waals surface area contributed by atoms with Crippen molar-refractivity contribution >= 4 is 0 Å². The first-order chi connectivity index (χ1) is 7.39. The van der Waals surface area contributed by atoms with Crippen LogP contribution in [0.5, 0.6) is 0 Å². The lowest BCUT2D eigenvalue weighted by Crippen LogP contribution is -2.33. The zero-order valence-corrected chi connectivity index (χ0v) is 10.7. The second-order valence-corrected chi connectivity index (χ2v) is 5.93. The summed E-state index contributed by atoms with van der Waals surface area (Å²) in [5, 5.41) is 8.60. The fourth-order valence-corrected chi connectivity index (χ4v) is 2.40. The van der Waals surface area contributed by atoms with Crippen molar-refractivity contribution in [2.75, 3.05) is 0 Å². The molecule has 0 aliphatic heterocycles. The molecule has 0 aromatic carbocycles. The van der Waals surface area contributed by atoms with Crippen LogP contribution in [0.1, 0.15) is 45.5 Å². The van der Waals surface area contributed by atoms with Crippen molar-refractivity contribution in [2.45, 2.75) is 58.5 Å². The average molecular weight is 222 g/mol. The molecule has 0 fully saturated rings. The Morgan fingerprint density at radius 2 is 2.12 bits per heavy atom. The molecule has 1 aromatic rings. The molecule has 2 unspecified atom stereocenters. The third-order valence-electron chi connectivity index (χ3n) is 3.43. The van der Waals surface area contributed by atoms with E-state index < -0.39 is 0 Å². The molecule has 0 radical (unpaired) electrons. The van der Waals surface area contributed by atoms with Gasteiger partial charge in [0.05, 0.1) is 16.9 Å². The van der Waals surface area contributed by atoms with E-state index in [2.05, 4.69) is 42.7 Å². The molecule has 4 heteroatoms. The molecule has 0 amide bonds. The van der Waals surface area contributed by atoms with Crippen LogP contribution in [0.2, 0.25) is 0 Å². The summed E-state index contributed by atoms with van der Waals surface area (Å²) < 4.78 is 2.07. The van der Waals surface area contributed by atoms with Crippen molar-refractivity contribution < 1.29 is 0 Å². The molecule has 1 aliphatic rings. The standard InChI is InChI=1S/C12H22N4/c1-8(13)9-5-6-11-10(7-9)14-15-16(11)12(2,3)4/h8-9H,5-7,13H2,1-4H3. The third-order valence-corrected chi connectivity index (χ3v) is 3.43. The minimum atomic E-state index is 0.0295. The maximum atomic E-state index is 5.96. The molecule has 2 N–H and O–H groups in total. The van der Waals surface area contributed by atoms with Crippen molar-refractivity contribution in [3.8, 4) is 0 Å². The van der Waals surface area contributed by atoms with Crippen LogP contribution in [0.25, 0.3) is 0 Å². The first kappa shape index (κ1) is 11.6. The van der Waals surface area contributed by atoms with E-state index in [1.807, 2.05) is 0 Å². The molecule has 2 rings (SSSR count). The van der Waals surface area contributed by atoms with E-state index in [0.29, 0.717) is 5.92 Å². The molecule has 90 valence electrons. The lowest BCUT2D eigenvalue weighted by Gasteiger charge is -2.27. The van der Waals surface area contributed by atoms with Gasteiger partial charge in [-0.15, -0.1) is 5.10 Å². The van der Waals surface area contributed by atoms with Gasteiger partial charge in [0.15, 0.2) is 0 Å². The normalized spacial score (nSPS) is 22.9. The predicted molar refractivity (Wildman–Crippen MR) is 64.2 cm³/mol. The lowest BCUT2D eigenvalue weighted by atomic mass is 9.85. The summed E-state index contributed by atoms with van der Waals surface area (Å²) in [7, 11) is 0.